The largest absolute Gasteiger partial charge is 0.478 e. The zero-order valence-corrected chi connectivity index (χ0v) is 11.0. The Kier molecular flexibility index (Phi) is 3.62. The van der Waals surface area contributed by atoms with Gasteiger partial charge in [-0.15, -0.1) is 11.3 Å². The highest BCUT2D eigenvalue weighted by Gasteiger charge is 2.30. The number of nitrogens with zero attached hydrogens (tertiary/aromatic N) is 1. The number of anilines is 1. The van der Waals surface area contributed by atoms with Crippen LogP contribution in [0.4, 0.5) is 5.13 Å². The summed E-state index contributed by atoms with van der Waals surface area (Å²) in [5.74, 6) is 0.443. The van der Waals surface area contributed by atoms with Gasteiger partial charge >= 0.3 is 0 Å². The predicted molar refractivity (Wildman–Crippen MR) is 71.9 cm³/mol. The van der Waals surface area contributed by atoms with Gasteiger partial charge in [0.05, 0.1) is 0 Å². The second-order valence-electron chi connectivity index (χ2n) is 4.22. The fourth-order valence-corrected chi connectivity index (χ4v) is 1.89. The Balaban J connectivity index is 2.04. The van der Waals surface area contributed by atoms with Crippen molar-refractivity contribution in [3.05, 3.63) is 41.9 Å². The molecule has 1 amide bonds. The Hall–Kier alpha value is -1.88. The van der Waals surface area contributed by atoms with Gasteiger partial charge in [-0.05, 0) is 26.0 Å². The molecule has 5 heteroatoms. The SMILES string of the molecule is CC(C)(Oc1ccccc1)C(=O)Nc1nccs1. The number of nitrogens with one attached hydrogen (secondary N) is 1. The lowest BCUT2D eigenvalue weighted by atomic mass is 10.1. The van der Waals surface area contributed by atoms with E-state index in [1.54, 1.807) is 25.4 Å². The zero-order chi connectivity index (χ0) is 13.0. The monoisotopic (exact) mass is 262 g/mol. The summed E-state index contributed by atoms with van der Waals surface area (Å²) >= 11 is 1.38. The van der Waals surface area contributed by atoms with Gasteiger partial charge in [0, 0.05) is 11.6 Å². The lowest BCUT2D eigenvalue weighted by molar-refractivity contribution is -0.128. The number of para-hydroxylation sites is 1. The van der Waals surface area contributed by atoms with Crippen LogP contribution in [0.5, 0.6) is 5.75 Å². The fraction of sp³-hybridized carbons (Fsp3) is 0.231. The smallest absolute Gasteiger partial charge is 0.269 e. The molecule has 0 aliphatic heterocycles. The Morgan fingerprint density at radius 1 is 1.33 bits per heavy atom. The zero-order valence-electron chi connectivity index (χ0n) is 10.2. The van der Waals surface area contributed by atoms with Gasteiger partial charge in [-0.1, -0.05) is 18.2 Å². The third-order valence-electron chi connectivity index (χ3n) is 2.32. The van der Waals surface area contributed by atoms with Crippen LogP contribution in [0.15, 0.2) is 41.9 Å². The van der Waals surface area contributed by atoms with E-state index in [0.717, 1.165) is 0 Å². The molecule has 2 aromatic rings. The Morgan fingerprint density at radius 2 is 2.06 bits per heavy atom. The van der Waals surface area contributed by atoms with Gasteiger partial charge in [0.2, 0.25) is 0 Å². The van der Waals surface area contributed by atoms with Crippen molar-refractivity contribution in [3.63, 3.8) is 0 Å². The second kappa shape index (κ2) is 5.18. The van der Waals surface area contributed by atoms with Crippen molar-refractivity contribution in [2.75, 3.05) is 5.32 Å². The molecule has 0 radical (unpaired) electrons. The van der Waals surface area contributed by atoms with Crippen molar-refractivity contribution < 1.29 is 9.53 Å². The van der Waals surface area contributed by atoms with E-state index < -0.39 is 5.60 Å². The molecule has 0 saturated heterocycles. The maximum absolute atomic E-state index is 12.1. The van der Waals surface area contributed by atoms with E-state index in [0.29, 0.717) is 10.9 Å². The van der Waals surface area contributed by atoms with E-state index in [2.05, 4.69) is 10.3 Å². The molecule has 0 fully saturated rings. The minimum Gasteiger partial charge on any atom is -0.478 e. The number of amides is 1. The maximum Gasteiger partial charge on any atom is 0.269 e. The predicted octanol–water partition coefficient (Wildman–Crippen LogP) is 2.94. The lowest BCUT2D eigenvalue weighted by Crippen LogP contribution is -2.42. The van der Waals surface area contributed by atoms with Crippen LogP contribution >= 0.6 is 11.3 Å². The lowest BCUT2D eigenvalue weighted by Gasteiger charge is -2.24. The highest BCUT2D eigenvalue weighted by molar-refractivity contribution is 7.13. The molecule has 1 aromatic heterocycles. The minimum atomic E-state index is -0.951. The van der Waals surface area contributed by atoms with Gasteiger partial charge in [0.15, 0.2) is 10.7 Å². The number of thiazole rings is 1. The average molecular weight is 262 g/mol. The van der Waals surface area contributed by atoms with E-state index in [9.17, 15) is 4.79 Å². The van der Waals surface area contributed by atoms with Crippen LogP contribution in [0.2, 0.25) is 0 Å². The van der Waals surface area contributed by atoms with Crippen LogP contribution in [-0.2, 0) is 4.79 Å². The topological polar surface area (TPSA) is 51.2 Å². The van der Waals surface area contributed by atoms with Crippen molar-refractivity contribution >= 4 is 22.4 Å². The Labute approximate surface area is 110 Å². The summed E-state index contributed by atoms with van der Waals surface area (Å²) in [6, 6.07) is 9.26. The molecule has 2 rings (SSSR count). The number of hydrogen-bond acceptors (Lipinski definition) is 4. The number of benzene rings is 1. The van der Waals surface area contributed by atoms with Crippen molar-refractivity contribution in [1.82, 2.24) is 4.98 Å². The molecular formula is C13H14N2O2S. The van der Waals surface area contributed by atoms with E-state index in [4.69, 9.17) is 4.74 Å². The molecule has 0 aliphatic carbocycles. The van der Waals surface area contributed by atoms with Crippen molar-refractivity contribution in [2.45, 2.75) is 19.4 Å². The number of carbonyl (C=O) groups excluding carboxylic acids is 1. The highest BCUT2D eigenvalue weighted by atomic mass is 32.1. The molecule has 18 heavy (non-hydrogen) atoms. The Bertz CT molecular complexity index is 509. The quantitative estimate of drug-likeness (QED) is 0.921. The normalized spacial score (nSPS) is 11.0. The highest BCUT2D eigenvalue weighted by Crippen LogP contribution is 2.20. The molecular weight excluding hydrogens is 248 g/mol. The number of rotatable bonds is 4. The third kappa shape index (κ3) is 3.07. The number of aromatic nitrogens is 1. The van der Waals surface area contributed by atoms with E-state index in [-0.39, 0.29) is 5.91 Å². The van der Waals surface area contributed by atoms with Crippen LogP contribution in [-0.4, -0.2) is 16.5 Å². The summed E-state index contributed by atoms with van der Waals surface area (Å²) < 4.78 is 5.68. The first-order valence-electron chi connectivity index (χ1n) is 5.53. The van der Waals surface area contributed by atoms with E-state index >= 15 is 0 Å². The third-order valence-corrected chi connectivity index (χ3v) is 3.00. The molecule has 0 saturated carbocycles. The number of ether oxygens (including phenoxy) is 1. The molecule has 0 spiro atoms. The van der Waals surface area contributed by atoms with Crippen molar-refractivity contribution in [1.29, 1.82) is 0 Å². The molecule has 0 unspecified atom stereocenters. The van der Waals surface area contributed by atoms with E-state index in [1.165, 1.54) is 11.3 Å². The van der Waals surface area contributed by atoms with Crippen LogP contribution < -0.4 is 10.1 Å². The standard InChI is InChI=1S/C13H14N2O2S/c1-13(2,17-10-6-4-3-5-7-10)11(16)15-12-14-8-9-18-12/h3-9H,1-2H3,(H,14,15,16). The summed E-state index contributed by atoms with van der Waals surface area (Å²) in [6.45, 7) is 3.45. The molecule has 1 aromatic carbocycles. The summed E-state index contributed by atoms with van der Waals surface area (Å²) in [4.78, 5) is 16.1. The summed E-state index contributed by atoms with van der Waals surface area (Å²) in [7, 11) is 0. The molecule has 1 heterocycles. The van der Waals surface area contributed by atoms with Crippen molar-refractivity contribution in [3.8, 4) is 5.75 Å². The minimum absolute atomic E-state index is 0.221. The fourth-order valence-electron chi connectivity index (χ4n) is 1.36. The van der Waals surface area contributed by atoms with Gasteiger partial charge < -0.3 is 4.74 Å². The summed E-state index contributed by atoms with van der Waals surface area (Å²) in [5.41, 5.74) is -0.951. The van der Waals surface area contributed by atoms with Crippen LogP contribution in [0.25, 0.3) is 0 Å². The van der Waals surface area contributed by atoms with Crippen LogP contribution in [0.3, 0.4) is 0 Å². The summed E-state index contributed by atoms with van der Waals surface area (Å²) in [6.07, 6.45) is 1.64. The van der Waals surface area contributed by atoms with Crippen LogP contribution in [0, 0.1) is 0 Å². The van der Waals surface area contributed by atoms with Crippen molar-refractivity contribution in [2.24, 2.45) is 0 Å². The molecule has 4 nitrogen and oxygen atoms in total. The molecule has 0 bridgehead atoms. The number of hydrogen-bond donors (Lipinski definition) is 1. The Morgan fingerprint density at radius 3 is 2.67 bits per heavy atom. The molecule has 0 atom stereocenters. The van der Waals surface area contributed by atoms with Crippen LogP contribution in [0.1, 0.15) is 13.8 Å². The van der Waals surface area contributed by atoms with Gasteiger partial charge in [-0.2, -0.15) is 0 Å². The summed E-state index contributed by atoms with van der Waals surface area (Å²) in [5, 5.41) is 5.11. The molecule has 0 aliphatic rings. The first-order valence-corrected chi connectivity index (χ1v) is 6.41. The average Bonchev–Trinajstić information content (AvgIpc) is 2.82. The molecule has 1 N–H and O–H groups in total. The second-order valence-corrected chi connectivity index (χ2v) is 5.11. The van der Waals surface area contributed by atoms with E-state index in [1.807, 2.05) is 30.3 Å². The number of carbonyl (C=O) groups is 1. The first-order chi connectivity index (χ1) is 8.58. The van der Waals surface area contributed by atoms with Gasteiger partial charge in [0.1, 0.15) is 5.75 Å². The maximum atomic E-state index is 12.1. The van der Waals surface area contributed by atoms with Gasteiger partial charge in [0.25, 0.3) is 5.91 Å². The van der Waals surface area contributed by atoms with Gasteiger partial charge in [-0.3, -0.25) is 10.1 Å². The van der Waals surface area contributed by atoms with Gasteiger partial charge in [-0.25, -0.2) is 4.98 Å². The first kappa shape index (κ1) is 12.6. The molecule has 94 valence electrons.